The highest BCUT2D eigenvalue weighted by molar-refractivity contribution is 6.45. The number of amides is 5. The smallest absolute Gasteiger partial charge is 0.334 e. The molecule has 7 nitrogen and oxygen atoms in total. The fourth-order valence-electron chi connectivity index (χ4n) is 3.34. The van der Waals surface area contributed by atoms with Crippen LogP contribution in [-0.2, 0) is 20.8 Å². The Morgan fingerprint density at radius 3 is 2.40 bits per heavy atom. The molecule has 0 bridgehead atoms. The van der Waals surface area contributed by atoms with Crippen molar-refractivity contribution >= 4 is 23.8 Å². The van der Waals surface area contributed by atoms with Crippen LogP contribution in [0.3, 0.4) is 0 Å². The second kappa shape index (κ2) is 7.46. The van der Waals surface area contributed by atoms with Gasteiger partial charge in [0.1, 0.15) is 6.54 Å². The summed E-state index contributed by atoms with van der Waals surface area (Å²) in [5.74, 6) is -2.16. The molecule has 1 aliphatic carbocycles. The fraction of sp³-hybridized carbons (Fsp3) is 0.444. The number of rotatable bonds is 6. The number of benzene rings is 1. The van der Waals surface area contributed by atoms with E-state index in [0.29, 0.717) is 13.0 Å². The van der Waals surface area contributed by atoms with Gasteiger partial charge in [-0.25, -0.2) is 9.69 Å². The third kappa shape index (κ3) is 3.70. The van der Waals surface area contributed by atoms with Crippen LogP contribution in [0, 0.1) is 0 Å². The van der Waals surface area contributed by atoms with E-state index in [2.05, 4.69) is 5.32 Å². The van der Waals surface area contributed by atoms with E-state index in [1.807, 2.05) is 30.3 Å². The summed E-state index contributed by atoms with van der Waals surface area (Å²) in [4.78, 5) is 50.3. The highest BCUT2D eigenvalue weighted by atomic mass is 16.2. The first-order valence-corrected chi connectivity index (χ1v) is 8.57. The molecule has 0 unspecified atom stereocenters. The molecule has 132 valence electrons. The van der Waals surface area contributed by atoms with Crippen molar-refractivity contribution in [3.63, 3.8) is 0 Å². The Morgan fingerprint density at radius 2 is 1.72 bits per heavy atom. The van der Waals surface area contributed by atoms with Gasteiger partial charge in [-0.15, -0.1) is 0 Å². The van der Waals surface area contributed by atoms with Crippen LogP contribution in [0.2, 0.25) is 0 Å². The summed E-state index contributed by atoms with van der Waals surface area (Å²) in [6.07, 6.45) is 3.98. The van der Waals surface area contributed by atoms with Crippen LogP contribution < -0.4 is 5.32 Å². The van der Waals surface area contributed by atoms with Gasteiger partial charge in [0, 0.05) is 12.6 Å². The monoisotopic (exact) mass is 343 g/mol. The predicted molar refractivity (Wildman–Crippen MR) is 89.4 cm³/mol. The maximum absolute atomic E-state index is 12.4. The van der Waals surface area contributed by atoms with Gasteiger partial charge in [0.25, 0.3) is 0 Å². The summed E-state index contributed by atoms with van der Waals surface area (Å²) in [5, 5.41) is 2.68. The molecule has 2 fully saturated rings. The quantitative estimate of drug-likeness (QED) is 0.618. The Balaban J connectivity index is 1.53. The number of carbonyl (C=O) groups excluding carboxylic acids is 4. The van der Waals surface area contributed by atoms with E-state index < -0.39 is 30.3 Å². The van der Waals surface area contributed by atoms with Gasteiger partial charge in [0.05, 0.1) is 0 Å². The van der Waals surface area contributed by atoms with Gasteiger partial charge in [-0.2, -0.15) is 0 Å². The van der Waals surface area contributed by atoms with Gasteiger partial charge in [0.2, 0.25) is 5.91 Å². The third-order valence-electron chi connectivity index (χ3n) is 4.65. The molecule has 25 heavy (non-hydrogen) atoms. The highest BCUT2D eigenvalue weighted by Gasteiger charge is 2.48. The van der Waals surface area contributed by atoms with Gasteiger partial charge < -0.3 is 5.32 Å². The molecule has 0 atom stereocenters. The molecule has 5 amide bonds. The van der Waals surface area contributed by atoms with Crippen LogP contribution >= 0.6 is 0 Å². The van der Waals surface area contributed by atoms with E-state index in [-0.39, 0.29) is 6.04 Å². The number of nitrogens with zero attached hydrogens (tertiary/aromatic N) is 2. The van der Waals surface area contributed by atoms with Crippen molar-refractivity contribution in [2.45, 2.75) is 38.1 Å². The zero-order valence-electron chi connectivity index (χ0n) is 13.9. The number of urea groups is 1. The van der Waals surface area contributed by atoms with Crippen molar-refractivity contribution in [1.29, 1.82) is 0 Å². The molecule has 7 heteroatoms. The zero-order chi connectivity index (χ0) is 17.8. The molecule has 1 N–H and O–H groups in total. The van der Waals surface area contributed by atoms with Crippen molar-refractivity contribution in [3.05, 3.63) is 35.9 Å². The van der Waals surface area contributed by atoms with Crippen molar-refractivity contribution in [1.82, 2.24) is 15.1 Å². The van der Waals surface area contributed by atoms with Crippen LogP contribution in [0.1, 0.15) is 31.2 Å². The standard InChI is InChI=1S/C18H21N3O4/c22-15(19-11-10-13-6-2-1-3-7-13)12-20-16(23)17(24)21(18(20)25)14-8-4-5-9-14/h1-3,6-7,14H,4-5,8-12H2,(H,19,22). The number of nitrogens with one attached hydrogen (secondary N) is 1. The molecule has 0 spiro atoms. The topological polar surface area (TPSA) is 86.8 Å². The van der Waals surface area contributed by atoms with Crippen LogP contribution in [0.4, 0.5) is 4.79 Å². The maximum atomic E-state index is 12.4. The minimum absolute atomic E-state index is 0.213. The lowest BCUT2D eigenvalue weighted by Gasteiger charge is -2.20. The average molecular weight is 343 g/mol. The SMILES string of the molecule is O=C(CN1C(=O)C(=O)N(C2CCCC2)C1=O)NCCc1ccccc1. The molecule has 1 saturated heterocycles. The molecule has 2 aliphatic rings. The largest absolute Gasteiger partial charge is 0.354 e. The number of hydrogen-bond donors (Lipinski definition) is 1. The summed E-state index contributed by atoms with van der Waals surface area (Å²) >= 11 is 0. The van der Waals surface area contributed by atoms with Crippen LogP contribution in [0.5, 0.6) is 0 Å². The van der Waals surface area contributed by atoms with E-state index in [1.165, 1.54) is 0 Å². The summed E-state index contributed by atoms with van der Waals surface area (Å²) in [5.41, 5.74) is 1.08. The van der Waals surface area contributed by atoms with E-state index >= 15 is 0 Å². The second-order valence-electron chi connectivity index (χ2n) is 6.37. The molecule has 0 aromatic heterocycles. The first-order valence-electron chi connectivity index (χ1n) is 8.57. The highest BCUT2D eigenvalue weighted by Crippen LogP contribution is 2.27. The lowest BCUT2D eigenvalue weighted by Crippen LogP contribution is -2.43. The predicted octanol–water partition coefficient (Wildman–Crippen LogP) is 1.08. The molecule has 0 radical (unpaired) electrons. The first-order chi connectivity index (χ1) is 12.1. The molecule has 1 aromatic rings. The Labute approximate surface area is 146 Å². The van der Waals surface area contributed by atoms with Gasteiger partial charge in [-0.05, 0) is 24.8 Å². The molecule has 1 aromatic carbocycles. The summed E-state index contributed by atoms with van der Waals surface area (Å²) < 4.78 is 0. The van der Waals surface area contributed by atoms with E-state index in [0.717, 1.165) is 41.0 Å². The van der Waals surface area contributed by atoms with Crippen molar-refractivity contribution in [3.8, 4) is 0 Å². The number of imide groups is 2. The Kier molecular flexibility index (Phi) is 5.11. The molecular formula is C18H21N3O4. The molecule has 1 aliphatic heterocycles. The summed E-state index contributed by atoms with van der Waals surface area (Å²) in [7, 11) is 0. The third-order valence-corrected chi connectivity index (χ3v) is 4.65. The Bertz CT molecular complexity index is 683. The first kappa shape index (κ1) is 17.1. The average Bonchev–Trinajstić information content (AvgIpc) is 3.20. The van der Waals surface area contributed by atoms with Crippen molar-refractivity contribution in [2.75, 3.05) is 13.1 Å². The van der Waals surface area contributed by atoms with Gasteiger partial charge in [-0.3, -0.25) is 19.3 Å². The summed E-state index contributed by atoms with van der Waals surface area (Å²) in [6, 6.07) is 8.79. The van der Waals surface area contributed by atoms with Gasteiger partial charge in [-0.1, -0.05) is 43.2 Å². The lowest BCUT2D eigenvalue weighted by molar-refractivity contribution is -0.144. The molecular weight excluding hydrogens is 322 g/mol. The number of hydrogen-bond acceptors (Lipinski definition) is 4. The maximum Gasteiger partial charge on any atom is 0.334 e. The molecule has 1 heterocycles. The fourth-order valence-corrected chi connectivity index (χ4v) is 3.34. The van der Waals surface area contributed by atoms with Crippen LogP contribution in [0.25, 0.3) is 0 Å². The lowest BCUT2D eigenvalue weighted by atomic mass is 10.1. The Morgan fingerprint density at radius 1 is 1.04 bits per heavy atom. The second-order valence-corrected chi connectivity index (χ2v) is 6.37. The summed E-state index contributed by atoms with van der Waals surface area (Å²) in [6.45, 7) is -0.0131. The van der Waals surface area contributed by atoms with Gasteiger partial charge in [0.15, 0.2) is 0 Å². The van der Waals surface area contributed by atoms with E-state index in [9.17, 15) is 19.2 Å². The Hall–Kier alpha value is -2.70. The van der Waals surface area contributed by atoms with Crippen LogP contribution in [0.15, 0.2) is 30.3 Å². The molecule has 1 saturated carbocycles. The van der Waals surface area contributed by atoms with E-state index in [1.54, 1.807) is 0 Å². The molecule has 3 rings (SSSR count). The zero-order valence-corrected chi connectivity index (χ0v) is 13.9. The van der Waals surface area contributed by atoms with Gasteiger partial charge >= 0.3 is 17.8 Å². The minimum atomic E-state index is -0.907. The van der Waals surface area contributed by atoms with Crippen molar-refractivity contribution < 1.29 is 19.2 Å². The normalized spacial score (nSPS) is 18.3. The van der Waals surface area contributed by atoms with Crippen LogP contribution in [-0.4, -0.2) is 52.7 Å². The van der Waals surface area contributed by atoms with E-state index in [4.69, 9.17) is 0 Å². The van der Waals surface area contributed by atoms with Crippen molar-refractivity contribution in [2.24, 2.45) is 0 Å². The number of carbonyl (C=O) groups is 4. The minimum Gasteiger partial charge on any atom is -0.354 e.